The molecule has 1 heterocycles. The zero-order valence-corrected chi connectivity index (χ0v) is 14.1. The Morgan fingerprint density at radius 2 is 2.00 bits per heavy atom. The summed E-state index contributed by atoms with van der Waals surface area (Å²) in [4.78, 5) is 25.7. The zero-order valence-electron chi connectivity index (χ0n) is 14.1. The fraction of sp³-hybridized carbons (Fsp3) is 0.263. The Kier molecular flexibility index (Phi) is 5.30. The Morgan fingerprint density at radius 3 is 2.72 bits per heavy atom. The lowest BCUT2D eigenvalue weighted by atomic mass is 10.0. The monoisotopic (exact) mass is 340 g/mol. The number of piperazine rings is 1. The lowest BCUT2D eigenvalue weighted by molar-refractivity contribution is -0.915. The summed E-state index contributed by atoms with van der Waals surface area (Å²) in [7, 11) is 1.59. The Balaban J connectivity index is 1.85. The van der Waals surface area contributed by atoms with Crippen molar-refractivity contribution in [1.82, 2.24) is 5.32 Å². The van der Waals surface area contributed by atoms with Gasteiger partial charge in [0.25, 0.3) is 11.8 Å². The maximum Gasteiger partial charge on any atom is 0.287 e. The number of benzene rings is 2. The fourth-order valence-corrected chi connectivity index (χ4v) is 3.10. The summed E-state index contributed by atoms with van der Waals surface area (Å²) in [6, 6.07) is 16.4. The molecule has 6 heteroatoms. The van der Waals surface area contributed by atoms with Crippen LogP contribution in [0.2, 0.25) is 0 Å². The molecule has 2 aromatic carbocycles. The molecule has 2 atom stereocenters. The van der Waals surface area contributed by atoms with Crippen molar-refractivity contribution in [2.24, 2.45) is 0 Å². The summed E-state index contributed by atoms with van der Waals surface area (Å²) >= 11 is 0. The van der Waals surface area contributed by atoms with E-state index in [2.05, 4.69) is 10.6 Å². The van der Waals surface area contributed by atoms with E-state index in [0.29, 0.717) is 24.5 Å². The standard InChI is InChI=1S/C19H21N3O3/c1-25-16-9-5-8-15(12-16)21-19(24)18(14-6-3-2-4-7-14)22-11-10-20-17(23)13-22/h2-9,12,18H,10-11,13H2,1H3,(H,20,23)(H,21,24)/p+1/t18-/m1/s1. The van der Waals surface area contributed by atoms with Crippen LogP contribution < -0.4 is 20.3 Å². The third-order valence-electron chi connectivity index (χ3n) is 4.30. The second kappa shape index (κ2) is 7.81. The van der Waals surface area contributed by atoms with Crippen LogP contribution >= 0.6 is 0 Å². The van der Waals surface area contributed by atoms with Gasteiger partial charge in [-0.15, -0.1) is 0 Å². The smallest absolute Gasteiger partial charge is 0.287 e. The summed E-state index contributed by atoms with van der Waals surface area (Å²) in [5.41, 5.74) is 1.57. The topological polar surface area (TPSA) is 71.9 Å². The SMILES string of the molecule is COc1cccc(NC(=O)[C@@H](c2ccccc2)[NH+]2CCNC(=O)C2)c1. The normalized spacial score (nSPS) is 18.1. The minimum atomic E-state index is -0.446. The second-order valence-corrected chi connectivity index (χ2v) is 6.00. The molecule has 3 rings (SSSR count). The fourth-order valence-electron chi connectivity index (χ4n) is 3.10. The molecule has 1 aliphatic heterocycles. The van der Waals surface area contributed by atoms with Crippen LogP contribution in [0.4, 0.5) is 5.69 Å². The molecule has 0 aromatic heterocycles. The van der Waals surface area contributed by atoms with Crippen molar-refractivity contribution < 1.29 is 19.2 Å². The highest BCUT2D eigenvalue weighted by Gasteiger charge is 2.34. The van der Waals surface area contributed by atoms with Crippen LogP contribution in [0.1, 0.15) is 11.6 Å². The minimum Gasteiger partial charge on any atom is -0.497 e. The number of ether oxygens (including phenoxy) is 1. The molecule has 0 saturated carbocycles. The largest absolute Gasteiger partial charge is 0.497 e. The number of hydrogen-bond donors (Lipinski definition) is 3. The van der Waals surface area contributed by atoms with Crippen molar-refractivity contribution in [2.75, 3.05) is 32.1 Å². The average molecular weight is 340 g/mol. The van der Waals surface area contributed by atoms with Crippen molar-refractivity contribution in [3.05, 3.63) is 60.2 Å². The average Bonchev–Trinajstić information content (AvgIpc) is 2.63. The lowest BCUT2D eigenvalue weighted by Gasteiger charge is -2.30. The van der Waals surface area contributed by atoms with E-state index in [-0.39, 0.29) is 18.4 Å². The van der Waals surface area contributed by atoms with Gasteiger partial charge in [0, 0.05) is 17.3 Å². The summed E-state index contributed by atoms with van der Waals surface area (Å²) < 4.78 is 5.20. The maximum atomic E-state index is 13.0. The first kappa shape index (κ1) is 17.0. The number of nitrogens with one attached hydrogen (secondary N) is 3. The number of carbonyl (C=O) groups is 2. The van der Waals surface area contributed by atoms with Gasteiger partial charge in [0.05, 0.1) is 20.2 Å². The van der Waals surface area contributed by atoms with Crippen LogP contribution in [-0.2, 0) is 9.59 Å². The number of amides is 2. The van der Waals surface area contributed by atoms with Crippen molar-refractivity contribution in [1.29, 1.82) is 0 Å². The van der Waals surface area contributed by atoms with Crippen LogP contribution in [0, 0.1) is 0 Å². The van der Waals surface area contributed by atoms with E-state index in [1.165, 1.54) is 0 Å². The molecule has 1 saturated heterocycles. The van der Waals surface area contributed by atoms with Crippen LogP contribution in [-0.4, -0.2) is 38.6 Å². The molecule has 0 radical (unpaired) electrons. The van der Waals surface area contributed by atoms with Gasteiger partial charge in [-0.25, -0.2) is 0 Å². The van der Waals surface area contributed by atoms with E-state index in [4.69, 9.17) is 4.74 Å². The first-order valence-corrected chi connectivity index (χ1v) is 8.28. The Bertz CT molecular complexity index is 749. The number of quaternary nitrogens is 1. The molecule has 1 unspecified atom stereocenters. The predicted molar refractivity (Wildman–Crippen MR) is 94.5 cm³/mol. The number of carbonyl (C=O) groups excluding carboxylic acids is 2. The van der Waals surface area contributed by atoms with Crippen LogP contribution in [0.15, 0.2) is 54.6 Å². The van der Waals surface area contributed by atoms with Gasteiger partial charge in [0.1, 0.15) is 5.75 Å². The summed E-state index contributed by atoms with van der Waals surface area (Å²) in [6.45, 7) is 1.56. The molecule has 6 nitrogen and oxygen atoms in total. The van der Waals surface area contributed by atoms with Crippen LogP contribution in [0.25, 0.3) is 0 Å². The molecule has 0 aliphatic carbocycles. The van der Waals surface area contributed by atoms with Gasteiger partial charge in [-0.05, 0) is 12.1 Å². The third-order valence-corrected chi connectivity index (χ3v) is 4.30. The Hall–Kier alpha value is -2.86. The summed E-state index contributed by atoms with van der Waals surface area (Å²) in [5.74, 6) is 0.513. The van der Waals surface area contributed by atoms with Crippen molar-refractivity contribution in [3.8, 4) is 5.75 Å². The quantitative estimate of drug-likeness (QED) is 0.737. The second-order valence-electron chi connectivity index (χ2n) is 6.00. The van der Waals surface area contributed by atoms with Gasteiger partial charge in [0.15, 0.2) is 12.6 Å². The first-order valence-electron chi connectivity index (χ1n) is 8.28. The van der Waals surface area contributed by atoms with E-state index >= 15 is 0 Å². The molecule has 0 bridgehead atoms. The van der Waals surface area contributed by atoms with E-state index in [1.54, 1.807) is 13.2 Å². The highest BCUT2D eigenvalue weighted by Crippen LogP contribution is 2.19. The molecule has 0 spiro atoms. The number of methoxy groups -OCH3 is 1. The highest BCUT2D eigenvalue weighted by atomic mass is 16.5. The molecule has 3 N–H and O–H groups in total. The zero-order chi connectivity index (χ0) is 17.6. The van der Waals surface area contributed by atoms with Gasteiger partial charge in [-0.1, -0.05) is 36.4 Å². The molecule has 2 aromatic rings. The van der Waals surface area contributed by atoms with E-state index < -0.39 is 6.04 Å². The van der Waals surface area contributed by atoms with E-state index in [1.807, 2.05) is 48.5 Å². The van der Waals surface area contributed by atoms with Gasteiger partial charge >= 0.3 is 0 Å². The molecular formula is C19H22N3O3+. The minimum absolute atomic E-state index is 0.0311. The molecule has 130 valence electrons. The van der Waals surface area contributed by atoms with Crippen LogP contribution in [0.3, 0.4) is 0 Å². The Morgan fingerprint density at radius 1 is 1.20 bits per heavy atom. The summed E-state index contributed by atoms with van der Waals surface area (Å²) in [6.07, 6.45) is 0. The van der Waals surface area contributed by atoms with Crippen molar-refractivity contribution >= 4 is 17.5 Å². The third kappa shape index (κ3) is 4.16. The number of hydrogen-bond acceptors (Lipinski definition) is 3. The van der Waals surface area contributed by atoms with E-state index in [9.17, 15) is 9.59 Å². The lowest BCUT2D eigenvalue weighted by Crippen LogP contribution is -3.16. The first-order chi connectivity index (χ1) is 12.2. The van der Waals surface area contributed by atoms with Gasteiger partial charge in [-0.3, -0.25) is 9.59 Å². The van der Waals surface area contributed by atoms with Crippen molar-refractivity contribution in [2.45, 2.75) is 6.04 Å². The van der Waals surface area contributed by atoms with Gasteiger partial charge < -0.3 is 20.3 Å². The summed E-state index contributed by atoms with van der Waals surface area (Å²) in [5, 5.41) is 5.77. The molecule has 25 heavy (non-hydrogen) atoms. The molecule has 1 aliphatic rings. The number of rotatable bonds is 5. The molecule has 1 fully saturated rings. The van der Waals surface area contributed by atoms with E-state index in [0.717, 1.165) is 10.5 Å². The number of anilines is 1. The van der Waals surface area contributed by atoms with Crippen molar-refractivity contribution in [3.63, 3.8) is 0 Å². The molecular weight excluding hydrogens is 318 g/mol. The highest BCUT2D eigenvalue weighted by molar-refractivity contribution is 5.95. The predicted octanol–water partition coefficient (Wildman–Crippen LogP) is 0.390. The van der Waals surface area contributed by atoms with Crippen LogP contribution in [0.5, 0.6) is 5.75 Å². The van der Waals surface area contributed by atoms with Gasteiger partial charge in [-0.2, -0.15) is 0 Å². The Labute approximate surface area is 146 Å². The van der Waals surface area contributed by atoms with Gasteiger partial charge in [0.2, 0.25) is 0 Å². The maximum absolute atomic E-state index is 13.0. The molecule has 2 amide bonds.